The Morgan fingerprint density at radius 3 is 2.69 bits per heavy atom. The van der Waals surface area contributed by atoms with Crippen molar-refractivity contribution in [3.8, 4) is 0 Å². The number of hydrogen-bond acceptors (Lipinski definition) is 7. The number of hydrogen-bond donors (Lipinski definition) is 1. The van der Waals surface area contributed by atoms with Gasteiger partial charge in [-0.2, -0.15) is 0 Å². The maximum Gasteiger partial charge on any atom is 0.267 e. The van der Waals surface area contributed by atoms with Crippen molar-refractivity contribution in [1.82, 2.24) is 19.4 Å². The van der Waals surface area contributed by atoms with Crippen LogP contribution >= 0.6 is 11.5 Å². The lowest BCUT2D eigenvalue weighted by Gasteiger charge is -2.51. The highest BCUT2D eigenvalue weighted by Crippen LogP contribution is 2.41. The minimum atomic E-state index is -0.262. The molecule has 1 amide bonds. The molecular weight excluding hydrogens is 352 g/mol. The quantitative estimate of drug-likeness (QED) is 0.834. The van der Waals surface area contributed by atoms with Gasteiger partial charge in [0.05, 0.1) is 11.8 Å². The summed E-state index contributed by atoms with van der Waals surface area (Å²) in [5, 5.41) is 14.5. The van der Waals surface area contributed by atoms with Crippen LogP contribution in [0, 0.1) is 12.3 Å². The molecule has 1 aromatic heterocycles. The van der Waals surface area contributed by atoms with Crippen LogP contribution in [0.1, 0.15) is 47.5 Å². The van der Waals surface area contributed by atoms with E-state index >= 15 is 0 Å². The topological polar surface area (TPSA) is 78.8 Å². The van der Waals surface area contributed by atoms with Crippen LogP contribution < -0.4 is 0 Å². The molecule has 0 aliphatic carbocycles. The molecule has 3 saturated heterocycles. The second-order valence-corrected chi connectivity index (χ2v) is 8.86. The lowest BCUT2D eigenvalue weighted by atomic mass is 9.71. The number of aryl methyl sites for hydroxylation is 1. The number of aliphatic hydroxyl groups excluding tert-OH is 1. The lowest BCUT2D eigenvalue weighted by Crippen LogP contribution is -2.57. The van der Waals surface area contributed by atoms with E-state index in [-0.39, 0.29) is 17.4 Å². The van der Waals surface area contributed by atoms with E-state index in [2.05, 4.69) is 14.5 Å². The third-order valence-corrected chi connectivity index (χ3v) is 7.13. The molecule has 26 heavy (non-hydrogen) atoms. The van der Waals surface area contributed by atoms with Crippen LogP contribution in [-0.4, -0.2) is 81.9 Å². The summed E-state index contributed by atoms with van der Waals surface area (Å²) in [7, 11) is 0. The number of carbonyl (C=O) groups excluding carboxylic acids is 1. The molecule has 3 aliphatic rings. The Labute approximate surface area is 158 Å². The molecule has 1 unspecified atom stereocenters. The normalized spacial score (nSPS) is 27.8. The third-order valence-electron chi connectivity index (χ3n) is 6.32. The van der Waals surface area contributed by atoms with E-state index in [4.69, 9.17) is 4.74 Å². The molecule has 7 nitrogen and oxygen atoms in total. The van der Waals surface area contributed by atoms with Gasteiger partial charge in [-0.1, -0.05) is 4.49 Å². The van der Waals surface area contributed by atoms with E-state index in [1.165, 1.54) is 11.5 Å². The Hall–Kier alpha value is -1.09. The van der Waals surface area contributed by atoms with Crippen molar-refractivity contribution in [3.05, 3.63) is 10.6 Å². The van der Waals surface area contributed by atoms with Crippen molar-refractivity contribution >= 4 is 17.4 Å². The molecule has 0 radical (unpaired) electrons. The van der Waals surface area contributed by atoms with Gasteiger partial charge in [-0.25, -0.2) is 0 Å². The number of piperidine rings is 2. The molecule has 4 heterocycles. The maximum atomic E-state index is 12.7. The molecule has 1 spiro atoms. The zero-order chi connectivity index (χ0) is 18.1. The first-order valence-corrected chi connectivity index (χ1v) is 10.4. The third kappa shape index (κ3) is 3.65. The second kappa shape index (κ2) is 7.50. The van der Waals surface area contributed by atoms with Crippen molar-refractivity contribution < 1.29 is 14.6 Å². The van der Waals surface area contributed by atoms with Crippen LogP contribution in [0.4, 0.5) is 0 Å². The van der Waals surface area contributed by atoms with Gasteiger partial charge in [0.15, 0.2) is 0 Å². The van der Waals surface area contributed by atoms with Crippen LogP contribution in [0.3, 0.4) is 0 Å². The van der Waals surface area contributed by atoms with Gasteiger partial charge in [-0.05, 0) is 56.0 Å². The average Bonchev–Trinajstić information content (AvgIpc) is 3.08. The highest BCUT2D eigenvalue weighted by molar-refractivity contribution is 7.07. The fraction of sp³-hybridized carbons (Fsp3) is 0.833. The van der Waals surface area contributed by atoms with Gasteiger partial charge in [0.25, 0.3) is 5.91 Å². The summed E-state index contributed by atoms with van der Waals surface area (Å²) >= 11 is 1.19. The Balaban J connectivity index is 1.40. The first-order chi connectivity index (χ1) is 12.6. The molecular formula is C18H28N4O3S. The summed E-state index contributed by atoms with van der Waals surface area (Å²) in [5.41, 5.74) is 0.854. The molecule has 1 atom stereocenters. The predicted molar refractivity (Wildman–Crippen MR) is 98.3 cm³/mol. The first kappa shape index (κ1) is 18.3. The van der Waals surface area contributed by atoms with Gasteiger partial charge < -0.3 is 14.7 Å². The van der Waals surface area contributed by atoms with Crippen molar-refractivity contribution in [2.75, 3.05) is 39.4 Å². The van der Waals surface area contributed by atoms with Gasteiger partial charge in [0.1, 0.15) is 4.88 Å². The van der Waals surface area contributed by atoms with Gasteiger partial charge in [-0.15, -0.1) is 5.10 Å². The summed E-state index contributed by atoms with van der Waals surface area (Å²) in [6.45, 7) is 6.82. The Morgan fingerprint density at radius 1 is 1.31 bits per heavy atom. The summed E-state index contributed by atoms with van der Waals surface area (Å²) in [6.07, 6.45) is 4.63. The summed E-state index contributed by atoms with van der Waals surface area (Å²) < 4.78 is 9.38. The van der Waals surface area contributed by atoms with E-state index in [0.717, 1.165) is 77.2 Å². The summed E-state index contributed by atoms with van der Waals surface area (Å²) in [4.78, 5) is 17.8. The van der Waals surface area contributed by atoms with Gasteiger partial charge >= 0.3 is 0 Å². The number of nitrogens with zero attached hydrogens (tertiary/aromatic N) is 4. The minimum absolute atomic E-state index is 0.0602. The number of β-amino-alcohol motifs (C(OH)–C–C–N with tert-alkyl or cyclic N) is 1. The van der Waals surface area contributed by atoms with Crippen LogP contribution in [0.25, 0.3) is 0 Å². The smallest absolute Gasteiger partial charge is 0.267 e. The zero-order valence-electron chi connectivity index (χ0n) is 15.4. The molecule has 8 heteroatoms. The van der Waals surface area contributed by atoms with Crippen molar-refractivity contribution in [3.63, 3.8) is 0 Å². The average molecular weight is 381 g/mol. The van der Waals surface area contributed by atoms with E-state index in [1.807, 2.05) is 11.8 Å². The highest BCUT2D eigenvalue weighted by atomic mass is 32.1. The number of amides is 1. The van der Waals surface area contributed by atoms with Crippen LogP contribution in [0.15, 0.2) is 0 Å². The van der Waals surface area contributed by atoms with E-state index in [0.29, 0.717) is 10.9 Å². The standard InChI is InChI=1S/C18H28N4O3S/c1-13-16(26-20-19-13)17(24)21-6-4-18(5-7-21)10-15(23)11-22(12-18)14-2-8-25-9-3-14/h14-15,23H,2-12H2,1H3. The van der Waals surface area contributed by atoms with Gasteiger partial charge in [0.2, 0.25) is 0 Å². The molecule has 3 fully saturated rings. The summed E-state index contributed by atoms with van der Waals surface area (Å²) in [5.74, 6) is 0.0602. The van der Waals surface area contributed by atoms with Gasteiger partial charge in [-0.3, -0.25) is 9.69 Å². The van der Waals surface area contributed by atoms with Gasteiger partial charge in [0, 0.05) is 45.4 Å². The van der Waals surface area contributed by atoms with Crippen LogP contribution in [-0.2, 0) is 4.74 Å². The fourth-order valence-electron chi connectivity index (χ4n) is 4.84. The maximum absolute atomic E-state index is 12.7. The minimum Gasteiger partial charge on any atom is -0.392 e. The van der Waals surface area contributed by atoms with Crippen LogP contribution in [0.5, 0.6) is 0 Å². The summed E-state index contributed by atoms with van der Waals surface area (Å²) in [6, 6.07) is 0.529. The van der Waals surface area contributed by atoms with E-state index < -0.39 is 0 Å². The number of aromatic nitrogens is 2. The van der Waals surface area contributed by atoms with Crippen LogP contribution in [0.2, 0.25) is 0 Å². The number of rotatable bonds is 2. The molecule has 0 aromatic carbocycles. The van der Waals surface area contributed by atoms with E-state index in [1.54, 1.807) is 0 Å². The Bertz CT molecular complexity index is 638. The molecule has 0 saturated carbocycles. The number of carbonyl (C=O) groups is 1. The lowest BCUT2D eigenvalue weighted by molar-refractivity contribution is -0.0694. The molecule has 4 rings (SSSR count). The van der Waals surface area contributed by atoms with Crippen molar-refractivity contribution in [2.24, 2.45) is 5.41 Å². The predicted octanol–water partition coefficient (Wildman–Crippen LogP) is 1.31. The molecule has 3 aliphatic heterocycles. The zero-order valence-corrected chi connectivity index (χ0v) is 16.2. The SMILES string of the molecule is Cc1nnsc1C(=O)N1CCC2(CC1)CC(O)CN(C1CCOCC1)C2. The Kier molecular flexibility index (Phi) is 5.27. The largest absolute Gasteiger partial charge is 0.392 e. The second-order valence-electron chi connectivity index (χ2n) is 8.11. The fourth-order valence-corrected chi connectivity index (χ4v) is 5.47. The molecule has 1 aromatic rings. The van der Waals surface area contributed by atoms with Crippen molar-refractivity contribution in [2.45, 2.75) is 51.2 Å². The first-order valence-electron chi connectivity index (χ1n) is 9.64. The van der Waals surface area contributed by atoms with Crippen molar-refractivity contribution in [1.29, 1.82) is 0 Å². The molecule has 0 bridgehead atoms. The number of aliphatic hydroxyl groups is 1. The molecule has 1 N–H and O–H groups in total. The van der Waals surface area contributed by atoms with E-state index in [9.17, 15) is 9.90 Å². The number of likely N-dealkylation sites (tertiary alicyclic amines) is 2. The number of ether oxygens (including phenoxy) is 1. The highest BCUT2D eigenvalue weighted by Gasteiger charge is 2.44. The molecule has 144 valence electrons. The Morgan fingerprint density at radius 2 is 2.04 bits per heavy atom. The monoisotopic (exact) mass is 380 g/mol.